The van der Waals surface area contributed by atoms with Crippen molar-refractivity contribution in [2.45, 2.75) is 26.2 Å². The van der Waals surface area contributed by atoms with E-state index < -0.39 is 0 Å². The molecule has 0 saturated carbocycles. The minimum Gasteiger partial charge on any atom is -0.492 e. The number of likely N-dealkylation sites (tertiary alicyclic amines) is 1. The first-order chi connectivity index (χ1) is 9.31. The van der Waals surface area contributed by atoms with Gasteiger partial charge in [0.2, 0.25) is 0 Å². The Morgan fingerprint density at radius 1 is 1.21 bits per heavy atom. The van der Waals surface area contributed by atoms with Crippen molar-refractivity contribution < 1.29 is 4.74 Å². The molecule has 1 aliphatic rings. The summed E-state index contributed by atoms with van der Waals surface area (Å²) < 4.78 is 7.73. The van der Waals surface area contributed by atoms with Crippen molar-refractivity contribution in [2.24, 2.45) is 0 Å². The van der Waals surface area contributed by atoms with Crippen molar-refractivity contribution in [3.05, 3.63) is 30.1 Å². The van der Waals surface area contributed by atoms with E-state index >= 15 is 0 Å². The first kappa shape index (κ1) is 12.5. The minimum absolute atomic E-state index is 0.767. The molecule has 0 atom stereocenters. The topological polar surface area (TPSA) is 29.8 Å². The van der Waals surface area contributed by atoms with Gasteiger partial charge in [0.05, 0.1) is 11.2 Å². The third kappa shape index (κ3) is 3.07. The van der Waals surface area contributed by atoms with E-state index in [0.29, 0.717) is 0 Å². The highest BCUT2D eigenvalue weighted by Gasteiger charge is 2.09. The van der Waals surface area contributed by atoms with Crippen LogP contribution in [-0.2, 0) is 0 Å². The standard InChI is InChI=1S/C15H21N3O/c1-13-11-14-12-15(5-8-18(14)16-13)19-10-9-17-6-3-2-4-7-17/h5,8,11-12H,2-4,6-7,9-10H2,1H3. The van der Waals surface area contributed by atoms with Crippen LogP contribution in [0, 0.1) is 6.92 Å². The second-order valence-electron chi connectivity index (χ2n) is 5.27. The second-order valence-corrected chi connectivity index (χ2v) is 5.27. The number of aromatic nitrogens is 2. The molecule has 1 fully saturated rings. The molecule has 4 heteroatoms. The van der Waals surface area contributed by atoms with Crippen LogP contribution in [-0.4, -0.2) is 40.8 Å². The van der Waals surface area contributed by atoms with Crippen LogP contribution in [0.15, 0.2) is 24.4 Å². The summed E-state index contributed by atoms with van der Waals surface area (Å²) in [6.07, 6.45) is 6.01. The lowest BCUT2D eigenvalue weighted by Gasteiger charge is -2.26. The van der Waals surface area contributed by atoms with E-state index in [2.05, 4.69) is 22.1 Å². The third-order valence-corrected chi connectivity index (χ3v) is 3.68. The number of ether oxygens (including phenoxy) is 1. The van der Waals surface area contributed by atoms with E-state index in [-0.39, 0.29) is 0 Å². The van der Waals surface area contributed by atoms with Gasteiger partial charge >= 0.3 is 0 Å². The van der Waals surface area contributed by atoms with Crippen molar-refractivity contribution in [2.75, 3.05) is 26.2 Å². The highest BCUT2D eigenvalue weighted by molar-refractivity contribution is 5.51. The summed E-state index contributed by atoms with van der Waals surface area (Å²) in [4.78, 5) is 2.49. The molecule has 102 valence electrons. The molecule has 1 saturated heterocycles. The average molecular weight is 259 g/mol. The van der Waals surface area contributed by atoms with E-state index in [1.165, 1.54) is 32.4 Å². The van der Waals surface area contributed by atoms with Crippen LogP contribution >= 0.6 is 0 Å². The maximum Gasteiger partial charge on any atom is 0.123 e. The maximum atomic E-state index is 5.84. The van der Waals surface area contributed by atoms with Gasteiger partial charge in [-0.25, -0.2) is 4.52 Å². The Labute approximate surface area is 114 Å². The number of piperidine rings is 1. The number of hydrogen-bond acceptors (Lipinski definition) is 3. The monoisotopic (exact) mass is 259 g/mol. The number of aryl methyl sites for hydroxylation is 1. The summed E-state index contributed by atoms with van der Waals surface area (Å²) in [7, 11) is 0. The van der Waals surface area contributed by atoms with Crippen LogP contribution < -0.4 is 4.74 Å². The lowest BCUT2D eigenvalue weighted by molar-refractivity contribution is 0.183. The lowest BCUT2D eigenvalue weighted by Crippen LogP contribution is -2.33. The Morgan fingerprint density at radius 2 is 2.05 bits per heavy atom. The molecule has 0 radical (unpaired) electrons. The highest BCUT2D eigenvalue weighted by Crippen LogP contribution is 2.15. The number of rotatable bonds is 4. The predicted molar refractivity (Wildman–Crippen MR) is 75.7 cm³/mol. The smallest absolute Gasteiger partial charge is 0.123 e. The summed E-state index contributed by atoms with van der Waals surface area (Å²) in [5.74, 6) is 0.935. The molecule has 2 aromatic heterocycles. The van der Waals surface area contributed by atoms with Crippen molar-refractivity contribution in [1.29, 1.82) is 0 Å². The van der Waals surface area contributed by atoms with Crippen LogP contribution in [0.2, 0.25) is 0 Å². The first-order valence-corrected chi connectivity index (χ1v) is 7.12. The van der Waals surface area contributed by atoms with Gasteiger partial charge in [0, 0.05) is 18.8 Å². The molecule has 1 aliphatic heterocycles. The zero-order chi connectivity index (χ0) is 13.1. The third-order valence-electron chi connectivity index (χ3n) is 3.68. The quantitative estimate of drug-likeness (QED) is 0.845. The molecule has 0 bridgehead atoms. The lowest BCUT2D eigenvalue weighted by atomic mass is 10.1. The molecule has 4 nitrogen and oxygen atoms in total. The zero-order valence-electron chi connectivity index (χ0n) is 11.5. The van der Waals surface area contributed by atoms with E-state index in [4.69, 9.17) is 4.74 Å². The predicted octanol–water partition coefficient (Wildman–Crippen LogP) is 2.51. The molecule has 0 spiro atoms. The summed E-state index contributed by atoms with van der Waals surface area (Å²) in [6.45, 7) is 6.26. The Morgan fingerprint density at radius 3 is 2.89 bits per heavy atom. The van der Waals surface area contributed by atoms with Crippen molar-refractivity contribution in [3.8, 4) is 5.75 Å². The Balaban J connectivity index is 1.55. The number of pyridine rings is 1. The van der Waals surface area contributed by atoms with Gasteiger partial charge in [0.1, 0.15) is 12.4 Å². The summed E-state index contributed by atoms with van der Waals surface area (Å²) in [5.41, 5.74) is 2.12. The van der Waals surface area contributed by atoms with E-state index in [1.807, 2.05) is 23.7 Å². The van der Waals surface area contributed by atoms with Gasteiger partial charge in [0.25, 0.3) is 0 Å². The van der Waals surface area contributed by atoms with Crippen LogP contribution in [0.4, 0.5) is 0 Å². The number of nitrogens with zero attached hydrogens (tertiary/aromatic N) is 3. The Hall–Kier alpha value is -1.55. The molecule has 0 aromatic carbocycles. The second kappa shape index (κ2) is 5.61. The van der Waals surface area contributed by atoms with Gasteiger partial charge in [-0.15, -0.1) is 0 Å². The molecular formula is C15H21N3O. The fourth-order valence-electron chi connectivity index (χ4n) is 2.67. The average Bonchev–Trinajstić information content (AvgIpc) is 2.79. The van der Waals surface area contributed by atoms with Crippen LogP contribution in [0.5, 0.6) is 5.75 Å². The van der Waals surface area contributed by atoms with E-state index in [0.717, 1.165) is 30.1 Å². The first-order valence-electron chi connectivity index (χ1n) is 7.12. The van der Waals surface area contributed by atoms with Gasteiger partial charge < -0.3 is 4.74 Å². The summed E-state index contributed by atoms with van der Waals surface area (Å²) in [5, 5.41) is 4.36. The molecule has 0 unspecified atom stereocenters. The van der Waals surface area contributed by atoms with E-state index in [1.54, 1.807) is 0 Å². The molecule has 3 rings (SSSR count). The Bertz CT molecular complexity index is 543. The van der Waals surface area contributed by atoms with Gasteiger partial charge in [-0.05, 0) is 45.0 Å². The maximum absolute atomic E-state index is 5.84. The van der Waals surface area contributed by atoms with Crippen molar-refractivity contribution in [3.63, 3.8) is 0 Å². The summed E-state index contributed by atoms with van der Waals surface area (Å²) in [6, 6.07) is 6.10. The molecule has 0 N–H and O–H groups in total. The van der Waals surface area contributed by atoms with Crippen LogP contribution in [0.1, 0.15) is 25.0 Å². The van der Waals surface area contributed by atoms with Crippen LogP contribution in [0.3, 0.4) is 0 Å². The molecule has 3 heterocycles. The van der Waals surface area contributed by atoms with Gasteiger partial charge in [-0.2, -0.15) is 5.10 Å². The minimum atomic E-state index is 0.767. The number of fused-ring (bicyclic) bond motifs is 1. The van der Waals surface area contributed by atoms with Gasteiger partial charge in [-0.3, -0.25) is 4.90 Å². The fourth-order valence-corrected chi connectivity index (χ4v) is 2.67. The van der Waals surface area contributed by atoms with Crippen LogP contribution in [0.25, 0.3) is 5.52 Å². The normalized spacial score (nSPS) is 16.9. The van der Waals surface area contributed by atoms with E-state index in [9.17, 15) is 0 Å². The largest absolute Gasteiger partial charge is 0.492 e. The van der Waals surface area contributed by atoms with Gasteiger partial charge in [0.15, 0.2) is 0 Å². The Kier molecular flexibility index (Phi) is 3.69. The molecule has 0 amide bonds. The van der Waals surface area contributed by atoms with Crippen molar-refractivity contribution in [1.82, 2.24) is 14.5 Å². The van der Waals surface area contributed by atoms with Crippen molar-refractivity contribution >= 4 is 5.52 Å². The SMILES string of the molecule is Cc1cc2cc(OCCN3CCCCC3)ccn2n1. The highest BCUT2D eigenvalue weighted by atomic mass is 16.5. The molecule has 0 aliphatic carbocycles. The zero-order valence-corrected chi connectivity index (χ0v) is 11.5. The summed E-state index contributed by atoms with van der Waals surface area (Å²) >= 11 is 0. The molecule has 2 aromatic rings. The number of hydrogen-bond donors (Lipinski definition) is 0. The van der Waals surface area contributed by atoms with Gasteiger partial charge in [-0.1, -0.05) is 6.42 Å². The fraction of sp³-hybridized carbons (Fsp3) is 0.533. The molecular weight excluding hydrogens is 238 g/mol. The molecule has 19 heavy (non-hydrogen) atoms.